The van der Waals surface area contributed by atoms with E-state index in [1.807, 2.05) is 54.6 Å². The van der Waals surface area contributed by atoms with Gasteiger partial charge in [-0.1, -0.05) is 62.4 Å². The van der Waals surface area contributed by atoms with Gasteiger partial charge in [0.05, 0.1) is 16.8 Å². The Balaban J connectivity index is 1.47. The lowest BCUT2D eigenvalue weighted by molar-refractivity contribution is -0.113. The van der Waals surface area contributed by atoms with Gasteiger partial charge in [0.2, 0.25) is 5.91 Å². The first-order valence-electron chi connectivity index (χ1n) is 12.2. The highest BCUT2D eigenvalue weighted by Crippen LogP contribution is 2.38. The summed E-state index contributed by atoms with van der Waals surface area (Å²) in [4.78, 5) is 33.6. The van der Waals surface area contributed by atoms with E-state index in [0.29, 0.717) is 11.1 Å². The minimum atomic E-state index is -0.121. The number of benzene rings is 2. The minimum Gasteiger partial charge on any atom is -0.325 e. The second-order valence-corrected chi connectivity index (χ2v) is 11.0. The van der Waals surface area contributed by atoms with Crippen molar-refractivity contribution in [2.75, 3.05) is 11.1 Å². The number of hydrogen-bond donors (Lipinski definition) is 1. The summed E-state index contributed by atoms with van der Waals surface area (Å²) in [5.74, 6) is 0.726. The summed E-state index contributed by atoms with van der Waals surface area (Å²) >= 11 is 2.96. The number of para-hydroxylation sites is 1. The molecule has 0 saturated carbocycles. The van der Waals surface area contributed by atoms with Crippen LogP contribution >= 0.6 is 23.1 Å². The number of nitrogens with zero attached hydrogens (tertiary/aromatic N) is 2. The Hall–Kier alpha value is -2.90. The number of nitrogens with one attached hydrogen (secondary N) is 1. The predicted octanol–water partition coefficient (Wildman–Crippen LogP) is 6.26. The third-order valence-corrected chi connectivity index (χ3v) is 8.81. The van der Waals surface area contributed by atoms with Gasteiger partial charge in [-0.3, -0.25) is 14.2 Å². The van der Waals surface area contributed by atoms with Crippen molar-refractivity contribution in [3.63, 3.8) is 0 Å². The van der Waals surface area contributed by atoms with Crippen LogP contribution in [0.2, 0.25) is 0 Å². The first-order chi connectivity index (χ1) is 17.1. The van der Waals surface area contributed by atoms with Crippen molar-refractivity contribution in [2.24, 2.45) is 5.92 Å². The average Bonchev–Trinajstić information content (AvgIpc) is 3.26. The Bertz CT molecular complexity index is 1410. The van der Waals surface area contributed by atoms with Crippen molar-refractivity contribution in [3.8, 4) is 5.69 Å². The molecule has 0 saturated heterocycles. The zero-order chi connectivity index (χ0) is 24.4. The lowest BCUT2D eigenvalue weighted by atomic mass is 9.86. The lowest BCUT2D eigenvalue weighted by Crippen LogP contribution is -2.23. The summed E-state index contributed by atoms with van der Waals surface area (Å²) in [6.07, 6.45) is 5.20. The van der Waals surface area contributed by atoms with E-state index in [1.54, 1.807) is 15.9 Å². The van der Waals surface area contributed by atoms with Gasteiger partial charge in [0.15, 0.2) is 5.16 Å². The first-order valence-corrected chi connectivity index (χ1v) is 14.0. The number of fused-ring (bicyclic) bond motifs is 3. The topological polar surface area (TPSA) is 64.0 Å². The molecule has 7 heteroatoms. The van der Waals surface area contributed by atoms with E-state index in [9.17, 15) is 9.59 Å². The molecule has 0 unspecified atom stereocenters. The fourth-order valence-electron chi connectivity index (χ4n) is 4.68. The number of carbonyl (C=O) groups is 1. The van der Waals surface area contributed by atoms with Crippen molar-refractivity contribution < 1.29 is 4.79 Å². The van der Waals surface area contributed by atoms with Gasteiger partial charge in [-0.05, 0) is 67.0 Å². The van der Waals surface area contributed by atoms with Gasteiger partial charge in [-0.25, -0.2) is 4.98 Å². The van der Waals surface area contributed by atoms with Crippen LogP contribution in [0.25, 0.3) is 15.9 Å². The molecule has 2 heterocycles. The van der Waals surface area contributed by atoms with Crippen molar-refractivity contribution in [3.05, 3.63) is 81.0 Å². The number of aryl methyl sites for hydroxylation is 2. The maximum atomic E-state index is 13.8. The maximum Gasteiger partial charge on any atom is 0.267 e. The average molecular weight is 504 g/mol. The fourth-order valence-corrected chi connectivity index (χ4v) is 6.86. The number of thioether (sulfide) groups is 1. The highest BCUT2D eigenvalue weighted by atomic mass is 32.2. The highest BCUT2D eigenvalue weighted by molar-refractivity contribution is 7.99. The number of hydrogen-bond acceptors (Lipinski definition) is 5. The van der Waals surface area contributed by atoms with Crippen LogP contribution < -0.4 is 10.9 Å². The molecule has 5 rings (SSSR count). The van der Waals surface area contributed by atoms with Gasteiger partial charge >= 0.3 is 0 Å². The van der Waals surface area contributed by atoms with Crippen LogP contribution in [-0.2, 0) is 24.1 Å². The summed E-state index contributed by atoms with van der Waals surface area (Å²) in [6, 6.07) is 17.5. The van der Waals surface area contributed by atoms with Crippen LogP contribution in [0.5, 0.6) is 0 Å². The van der Waals surface area contributed by atoms with E-state index in [1.165, 1.54) is 27.8 Å². The highest BCUT2D eigenvalue weighted by Gasteiger charge is 2.26. The molecule has 2 aromatic heterocycles. The molecular weight excluding hydrogens is 474 g/mol. The standard InChI is InChI=1S/C28H29N3O2S2/c1-3-18-10-13-20(14-11-18)29-24(32)17-34-28-30-26-25(22-15-12-19(4-2)16-23(22)35-26)27(33)31(28)21-8-6-5-7-9-21/h5-11,13-14,19H,3-4,12,15-17H2,1-2H3,(H,29,32)/t19-/m1/s1. The third-order valence-electron chi connectivity index (χ3n) is 6.72. The second kappa shape index (κ2) is 10.4. The summed E-state index contributed by atoms with van der Waals surface area (Å²) in [5.41, 5.74) is 3.92. The number of thiophene rings is 1. The molecule has 0 spiro atoms. The molecule has 0 aliphatic heterocycles. The van der Waals surface area contributed by atoms with Gasteiger partial charge in [0.1, 0.15) is 4.83 Å². The second-order valence-electron chi connectivity index (χ2n) is 8.96. The third kappa shape index (κ3) is 4.93. The number of anilines is 1. The fraction of sp³-hybridized carbons (Fsp3) is 0.321. The Kier molecular flexibility index (Phi) is 7.07. The molecule has 5 nitrogen and oxygen atoms in total. The Morgan fingerprint density at radius 2 is 1.91 bits per heavy atom. The Morgan fingerprint density at radius 3 is 2.63 bits per heavy atom. The number of rotatable bonds is 7. The van der Waals surface area contributed by atoms with Crippen LogP contribution in [0.3, 0.4) is 0 Å². The molecular formula is C28H29N3O2S2. The maximum absolute atomic E-state index is 13.8. The smallest absolute Gasteiger partial charge is 0.267 e. The molecule has 35 heavy (non-hydrogen) atoms. The van der Waals surface area contributed by atoms with Crippen molar-refractivity contribution in [2.45, 2.75) is 51.1 Å². The SMILES string of the molecule is CCc1ccc(NC(=O)CSc2nc3sc4c(c3c(=O)n2-c2ccccc2)CC[C@@H](CC)C4)cc1. The summed E-state index contributed by atoms with van der Waals surface area (Å²) in [7, 11) is 0. The van der Waals surface area contributed by atoms with E-state index in [2.05, 4.69) is 19.2 Å². The van der Waals surface area contributed by atoms with E-state index in [0.717, 1.165) is 53.7 Å². The molecule has 1 amide bonds. The number of carbonyl (C=O) groups excluding carboxylic acids is 1. The monoisotopic (exact) mass is 503 g/mol. The van der Waals surface area contributed by atoms with Crippen molar-refractivity contribution in [1.82, 2.24) is 9.55 Å². The lowest BCUT2D eigenvalue weighted by Gasteiger charge is -2.20. The van der Waals surface area contributed by atoms with Crippen LogP contribution in [0.4, 0.5) is 5.69 Å². The normalized spacial score (nSPS) is 15.2. The predicted molar refractivity (Wildman–Crippen MR) is 146 cm³/mol. The van der Waals surface area contributed by atoms with Gasteiger partial charge in [-0.2, -0.15) is 0 Å². The van der Waals surface area contributed by atoms with E-state index >= 15 is 0 Å². The van der Waals surface area contributed by atoms with Crippen LogP contribution in [0.1, 0.15) is 42.7 Å². The van der Waals surface area contributed by atoms with Gasteiger partial charge in [-0.15, -0.1) is 11.3 Å². The van der Waals surface area contributed by atoms with Crippen molar-refractivity contribution >= 4 is 44.9 Å². The minimum absolute atomic E-state index is 0.0355. The first kappa shape index (κ1) is 23.8. The number of amides is 1. The van der Waals surface area contributed by atoms with Crippen LogP contribution in [0.15, 0.2) is 64.5 Å². The largest absolute Gasteiger partial charge is 0.325 e. The molecule has 4 aromatic rings. The summed E-state index contributed by atoms with van der Waals surface area (Å²) in [6.45, 7) is 4.34. The number of aromatic nitrogens is 2. The van der Waals surface area contributed by atoms with E-state index < -0.39 is 0 Å². The molecule has 0 bridgehead atoms. The Labute approximate surface area is 213 Å². The quantitative estimate of drug-likeness (QED) is 0.239. The molecule has 180 valence electrons. The van der Waals surface area contributed by atoms with E-state index in [4.69, 9.17) is 4.98 Å². The van der Waals surface area contributed by atoms with Gasteiger partial charge in [0.25, 0.3) is 5.56 Å². The zero-order valence-corrected chi connectivity index (χ0v) is 21.7. The molecule has 1 atom stereocenters. The Morgan fingerprint density at radius 1 is 1.14 bits per heavy atom. The van der Waals surface area contributed by atoms with E-state index in [-0.39, 0.29) is 17.2 Å². The van der Waals surface area contributed by atoms with Crippen LogP contribution in [-0.4, -0.2) is 21.2 Å². The van der Waals surface area contributed by atoms with Crippen molar-refractivity contribution in [1.29, 1.82) is 0 Å². The van der Waals surface area contributed by atoms with Crippen LogP contribution in [0, 0.1) is 5.92 Å². The van der Waals surface area contributed by atoms with Gasteiger partial charge in [0, 0.05) is 10.6 Å². The summed E-state index contributed by atoms with van der Waals surface area (Å²) < 4.78 is 1.68. The van der Waals surface area contributed by atoms with Gasteiger partial charge < -0.3 is 5.32 Å². The zero-order valence-electron chi connectivity index (χ0n) is 20.0. The molecule has 1 aliphatic rings. The molecule has 1 aliphatic carbocycles. The molecule has 0 fully saturated rings. The molecule has 1 N–H and O–H groups in total. The summed E-state index contributed by atoms with van der Waals surface area (Å²) in [5, 5.41) is 4.26. The molecule has 2 aromatic carbocycles. The molecule has 0 radical (unpaired) electrons.